The second kappa shape index (κ2) is 4.72. The van der Waals surface area contributed by atoms with Crippen LogP contribution >= 0.6 is 11.3 Å². The molecule has 1 heterocycles. The molecule has 4 heteroatoms. The van der Waals surface area contributed by atoms with E-state index in [1.165, 1.54) is 19.3 Å². The molecule has 0 saturated heterocycles. The van der Waals surface area contributed by atoms with Gasteiger partial charge in [0, 0.05) is 13.1 Å². The number of nitrogens with zero attached hydrogens (tertiary/aromatic N) is 2. The predicted octanol–water partition coefficient (Wildman–Crippen LogP) is 2.75. The number of aromatic nitrogens is 1. The smallest absolute Gasteiger partial charge is 0.185 e. The van der Waals surface area contributed by atoms with Crippen molar-refractivity contribution in [3.63, 3.8) is 0 Å². The van der Waals surface area contributed by atoms with E-state index < -0.39 is 0 Å². The zero-order chi connectivity index (χ0) is 11.7. The van der Waals surface area contributed by atoms with Crippen molar-refractivity contribution in [2.45, 2.75) is 51.7 Å². The van der Waals surface area contributed by atoms with Crippen LogP contribution in [0.3, 0.4) is 0 Å². The molecule has 0 spiro atoms. The first-order valence-corrected chi connectivity index (χ1v) is 6.78. The topological polar surface area (TPSA) is 36.4 Å². The third kappa shape index (κ3) is 2.09. The monoisotopic (exact) mass is 240 g/mol. The standard InChI is InChI=1S/C12H20N2OS/c1-8(2)11-10(7-15)16-12(13-11)14(3)9-5-4-6-9/h8-9,15H,4-7H2,1-3H3. The maximum atomic E-state index is 9.32. The molecule has 3 nitrogen and oxygen atoms in total. The fraction of sp³-hybridized carbons (Fsp3) is 0.750. The van der Waals surface area contributed by atoms with E-state index in [1.807, 2.05) is 0 Å². The van der Waals surface area contributed by atoms with E-state index in [1.54, 1.807) is 11.3 Å². The molecule has 1 aromatic rings. The molecule has 0 bridgehead atoms. The lowest BCUT2D eigenvalue weighted by Crippen LogP contribution is -2.37. The van der Waals surface area contributed by atoms with Crippen LogP contribution in [0.2, 0.25) is 0 Å². The molecule has 0 atom stereocenters. The van der Waals surface area contributed by atoms with E-state index in [9.17, 15) is 5.11 Å². The minimum Gasteiger partial charge on any atom is -0.391 e. The van der Waals surface area contributed by atoms with Crippen molar-refractivity contribution in [2.75, 3.05) is 11.9 Å². The number of anilines is 1. The Hall–Kier alpha value is -0.610. The quantitative estimate of drug-likeness (QED) is 0.879. The number of aliphatic hydroxyl groups excluding tert-OH is 1. The largest absolute Gasteiger partial charge is 0.391 e. The third-order valence-corrected chi connectivity index (χ3v) is 4.48. The van der Waals surface area contributed by atoms with Crippen LogP contribution in [0.25, 0.3) is 0 Å². The number of hydrogen-bond acceptors (Lipinski definition) is 4. The SMILES string of the molecule is CC(C)c1nc(N(C)C2CCC2)sc1CO. The molecule has 1 aromatic heterocycles. The Balaban J connectivity index is 2.20. The molecule has 90 valence electrons. The highest BCUT2D eigenvalue weighted by molar-refractivity contribution is 7.15. The molecule has 0 aromatic carbocycles. The summed E-state index contributed by atoms with van der Waals surface area (Å²) in [5.41, 5.74) is 1.06. The van der Waals surface area contributed by atoms with Crippen molar-refractivity contribution in [1.82, 2.24) is 4.98 Å². The Morgan fingerprint density at radius 2 is 2.19 bits per heavy atom. The van der Waals surface area contributed by atoms with Crippen molar-refractivity contribution >= 4 is 16.5 Å². The number of aliphatic hydroxyl groups is 1. The molecule has 1 aliphatic carbocycles. The highest BCUT2D eigenvalue weighted by atomic mass is 32.1. The van der Waals surface area contributed by atoms with Gasteiger partial charge in [-0.1, -0.05) is 25.2 Å². The number of thiazole rings is 1. The summed E-state index contributed by atoms with van der Waals surface area (Å²) in [5.74, 6) is 0.391. The summed E-state index contributed by atoms with van der Waals surface area (Å²) in [6.07, 6.45) is 3.90. The van der Waals surface area contributed by atoms with Crippen LogP contribution in [0, 0.1) is 0 Å². The molecule has 2 rings (SSSR count). The van der Waals surface area contributed by atoms with Crippen molar-refractivity contribution in [2.24, 2.45) is 0 Å². The molecule has 1 fully saturated rings. The molecule has 0 aliphatic heterocycles. The van der Waals surface area contributed by atoms with Gasteiger partial charge in [-0.2, -0.15) is 0 Å². The molecular formula is C12H20N2OS. The average Bonchev–Trinajstić information content (AvgIpc) is 2.58. The minimum absolute atomic E-state index is 0.115. The van der Waals surface area contributed by atoms with E-state index >= 15 is 0 Å². The molecule has 0 radical (unpaired) electrons. The maximum absolute atomic E-state index is 9.32. The second-order valence-electron chi connectivity index (χ2n) is 4.81. The van der Waals surface area contributed by atoms with E-state index in [0.717, 1.165) is 15.7 Å². The van der Waals surface area contributed by atoms with Crippen LogP contribution < -0.4 is 4.90 Å². The zero-order valence-corrected chi connectivity index (χ0v) is 11.0. The van der Waals surface area contributed by atoms with E-state index in [0.29, 0.717) is 12.0 Å². The van der Waals surface area contributed by atoms with Gasteiger partial charge in [0.25, 0.3) is 0 Å². The molecule has 0 unspecified atom stereocenters. The van der Waals surface area contributed by atoms with Crippen LogP contribution in [-0.2, 0) is 6.61 Å². The van der Waals surface area contributed by atoms with E-state index in [4.69, 9.17) is 0 Å². The number of rotatable bonds is 4. The Morgan fingerprint density at radius 3 is 2.56 bits per heavy atom. The van der Waals surface area contributed by atoms with Gasteiger partial charge in [-0.3, -0.25) is 0 Å². The molecule has 1 aliphatic rings. The van der Waals surface area contributed by atoms with Crippen molar-refractivity contribution < 1.29 is 5.11 Å². The van der Waals surface area contributed by atoms with Crippen molar-refractivity contribution in [3.05, 3.63) is 10.6 Å². The van der Waals surface area contributed by atoms with Gasteiger partial charge < -0.3 is 10.0 Å². The van der Waals surface area contributed by atoms with Gasteiger partial charge in [-0.25, -0.2) is 4.98 Å². The number of hydrogen-bond donors (Lipinski definition) is 1. The lowest BCUT2D eigenvalue weighted by Gasteiger charge is -2.34. The maximum Gasteiger partial charge on any atom is 0.185 e. The highest BCUT2D eigenvalue weighted by Crippen LogP contribution is 2.34. The zero-order valence-electron chi connectivity index (χ0n) is 10.2. The van der Waals surface area contributed by atoms with Crippen LogP contribution in [0.15, 0.2) is 0 Å². The first-order valence-electron chi connectivity index (χ1n) is 5.96. The highest BCUT2D eigenvalue weighted by Gasteiger charge is 2.25. The van der Waals surface area contributed by atoms with E-state index in [2.05, 4.69) is 30.8 Å². The lowest BCUT2D eigenvalue weighted by molar-refractivity contribution is 0.283. The Morgan fingerprint density at radius 1 is 1.50 bits per heavy atom. The first-order chi connectivity index (χ1) is 7.63. The van der Waals surface area contributed by atoms with E-state index in [-0.39, 0.29) is 6.61 Å². The van der Waals surface area contributed by atoms with Gasteiger partial charge in [0.2, 0.25) is 0 Å². The summed E-state index contributed by atoms with van der Waals surface area (Å²) in [6.45, 7) is 4.37. The Bertz CT molecular complexity index is 358. The molecule has 1 N–H and O–H groups in total. The van der Waals surface area contributed by atoms with Gasteiger partial charge in [-0.05, 0) is 25.2 Å². The van der Waals surface area contributed by atoms with Gasteiger partial charge in [0.1, 0.15) is 0 Å². The predicted molar refractivity (Wildman–Crippen MR) is 68.2 cm³/mol. The molecule has 1 saturated carbocycles. The summed E-state index contributed by atoms with van der Waals surface area (Å²) in [7, 11) is 2.12. The summed E-state index contributed by atoms with van der Waals surface area (Å²) < 4.78 is 0. The first kappa shape index (κ1) is 11.9. The van der Waals surface area contributed by atoms with Gasteiger partial charge in [0.05, 0.1) is 17.2 Å². The average molecular weight is 240 g/mol. The minimum atomic E-state index is 0.115. The molecular weight excluding hydrogens is 220 g/mol. The van der Waals surface area contributed by atoms with Gasteiger partial charge >= 0.3 is 0 Å². The Labute approximate surface area is 101 Å². The Kier molecular flexibility index (Phi) is 3.50. The molecule has 16 heavy (non-hydrogen) atoms. The van der Waals surface area contributed by atoms with Crippen LogP contribution in [0.5, 0.6) is 0 Å². The van der Waals surface area contributed by atoms with Gasteiger partial charge in [-0.15, -0.1) is 0 Å². The molecule has 0 amide bonds. The second-order valence-corrected chi connectivity index (χ2v) is 5.88. The fourth-order valence-corrected chi connectivity index (χ4v) is 3.10. The van der Waals surface area contributed by atoms with Crippen molar-refractivity contribution in [3.8, 4) is 0 Å². The third-order valence-electron chi connectivity index (χ3n) is 3.33. The van der Waals surface area contributed by atoms with Crippen LogP contribution in [-0.4, -0.2) is 23.2 Å². The fourth-order valence-electron chi connectivity index (χ4n) is 2.00. The summed E-state index contributed by atoms with van der Waals surface area (Å²) in [4.78, 5) is 7.97. The van der Waals surface area contributed by atoms with Gasteiger partial charge in [0.15, 0.2) is 5.13 Å². The normalized spacial score (nSPS) is 16.6. The van der Waals surface area contributed by atoms with Crippen LogP contribution in [0.1, 0.15) is 49.6 Å². The summed E-state index contributed by atoms with van der Waals surface area (Å²) >= 11 is 1.64. The van der Waals surface area contributed by atoms with Crippen LogP contribution in [0.4, 0.5) is 5.13 Å². The van der Waals surface area contributed by atoms with Crippen molar-refractivity contribution in [1.29, 1.82) is 0 Å². The summed E-state index contributed by atoms with van der Waals surface area (Å²) in [6, 6.07) is 0.665. The summed E-state index contributed by atoms with van der Waals surface area (Å²) in [5, 5.41) is 10.4. The lowest BCUT2D eigenvalue weighted by atomic mass is 9.92.